The van der Waals surface area contributed by atoms with Gasteiger partial charge in [-0.05, 0) is 31.2 Å². The van der Waals surface area contributed by atoms with Gasteiger partial charge in [-0.2, -0.15) is 4.99 Å². The standard InChI is InChI=1S/C18H15ClFN3O4S/c1-2-27-8-7-22-15-6-3-11(20)9-16(15)28-18(22)21-17(24)13-10-12(23(25)26)4-5-14(13)19/h3-6,9-10H,2,7-8H2,1H3. The van der Waals surface area contributed by atoms with Gasteiger partial charge in [0.1, 0.15) is 5.82 Å². The van der Waals surface area contributed by atoms with Crippen molar-refractivity contribution in [2.24, 2.45) is 4.99 Å². The van der Waals surface area contributed by atoms with Gasteiger partial charge in [0, 0.05) is 25.3 Å². The highest BCUT2D eigenvalue weighted by Gasteiger charge is 2.16. The average molecular weight is 424 g/mol. The van der Waals surface area contributed by atoms with E-state index in [4.69, 9.17) is 16.3 Å². The summed E-state index contributed by atoms with van der Waals surface area (Å²) in [4.78, 5) is 27.4. The van der Waals surface area contributed by atoms with Crippen molar-refractivity contribution in [2.45, 2.75) is 13.5 Å². The van der Waals surface area contributed by atoms with Crippen molar-refractivity contribution in [3.63, 3.8) is 0 Å². The molecule has 0 saturated carbocycles. The number of nitrogens with zero attached hydrogens (tertiary/aromatic N) is 3. The van der Waals surface area contributed by atoms with Crippen LogP contribution in [0.25, 0.3) is 10.2 Å². The van der Waals surface area contributed by atoms with Gasteiger partial charge in [-0.1, -0.05) is 22.9 Å². The molecule has 10 heteroatoms. The van der Waals surface area contributed by atoms with Crippen LogP contribution in [0.5, 0.6) is 0 Å². The van der Waals surface area contributed by atoms with Gasteiger partial charge in [-0.25, -0.2) is 4.39 Å². The fourth-order valence-electron chi connectivity index (χ4n) is 2.59. The second-order valence-corrected chi connectivity index (χ2v) is 7.10. The summed E-state index contributed by atoms with van der Waals surface area (Å²) in [6, 6.07) is 7.88. The lowest BCUT2D eigenvalue weighted by atomic mass is 10.2. The summed E-state index contributed by atoms with van der Waals surface area (Å²) in [7, 11) is 0. The van der Waals surface area contributed by atoms with E-state index < -0.39 is 16.6 Å². The van der Waals surface area contributed by atoms with E-state index >= 15 is 0 Å². The number of halogens is 2. The fraction of sp³-hybridized carbons (Fsp3) is 0.222. The molecule has 2 aromatic carbocycles. The Bertz CT molecular complexity index is 1130. The number of hydrogen-bond donors (Lipinski definition) is 0. The highest BCUT2D eigenvalue weighted by molar-refractivity contribution is 7.16. The van der Waals surface area contributed by atoms with Crippen LogP contribution in [0.15, 0.2) is 41.4 Å². The van der Waals surface area contributed by atoms with Crippen LogP contribution in [0, 0.1) is 15.9 Å². The third kappa shape index (κ3) is 4.27. The Hall–Kier alpha value is -2.62. The Kier molecular flexibility index (Phi) is 6.18. The molecule has 0 radical (unpaired) electrons. The second kappa shape index (κ2) is 8.59. The van der Waals surface area contributed by atoms with Crippen molar-refractivity contribution in [2.75, 3.05) is 13.2 Å². The zero-order valence-electron chi connectivity index (χ0n) is 14.7. The van der Waals surface area contributed by atoms with Gasteiger partial charge in [-0.15, -0.1) is 0 Å². The molecule has 0 unspecified atom stereocenters. The van der Waals surface area contributed by atoms with Crippen LogP contribution in [-0.2, 0) is 11.3 Å². The van der Waals surface area contributed by atoms with Crippen molar-refractivity contribution < 1.29 is 18.8 Å². The zero-order valence-corrected chi connectivity index (χ0v) is 16.3. The molecule has 0 fully saturated rings. The van der Waals surface area contributed by atoms with Gasteiger partial charge in [0.05, 0.1) is 32.3 Å². The summed E-state index contributed by atoms with van der Waals surface area (Å²) in [5.74, 6) is -1.11. The monoisotopic (exact) mass is 423 g/mol. The van der Waals surface area contributed by atoms with Crippen molar-refractivity contribution in [3.05, 3.63) is 67.7 Å². The highest BCUT2D eigenvalue weighted by Crippen LogP contribution is 2.23. The summed E-state index contributed by atoms with van der Waals surface area (Å²) in [5.41, 5.74) is 0.379. The van der Waals surface area contributed by atoms with Gasteiger partial charge < -0.3 is 9.30 Å². The molecule has 0 saturated heterocycles. The molecule has 146 valence electrons. The lowest BCUT2D eigenvalue weighted by molar-refractivity contribution is -0.384. The minimum Gasteiger partial charge on any atom is -0.380 e. The lowest BCUT2D eigenvalue weighted by Gasteiger charge is -2.05. The topological polar surface area (TPSA) is 86.7 Å². The zero-order chi connectivity index (χ0) is 20.3. The minimum atomic E-state index is -0.717. The van der Waals surface area contributed by atoms with Crippen LogP contribution in [0.4, 0.5) is 10.1 Å². The van der Waals surface area contributed by atoms with Gasteiger partial charge in [0.15, 0.2) is 4.80 Å². The molecule has 0 N–H and O–H groups in total. The molecule has 1 aromatic heterocycles. The molecule has 0 aliphatic heterocycles. The predicted molar refractivity (Wildman–Crippen MR) is 104 cm³/mol. The minimum absolute atomic E-state index is 0.0624. The van der Waals surface area contributed by atoms with Gasteiger partial charge in [0.25, 0.3) is 11.6 Å². The number of hydrogen-bond acceptors (Lipinski definition) is 5. The molecule has 0 atom stereocenters. The number of thiazole rings is 1. The maximum atomic E-state index is 13.6. The van der Waals surface area contributed by atoms with Crippen LogP contribution in [0.1, 0.15) is 17.3 Å². The molecule has 0 spiro atoms. The Balaban J connectivity index is 2.10. The van der Waals surface area contributed by atoms with Gasteiger partial charge in [0.2, 0.25) is 0 Å². The van der Waals surface area contributed by atoms with E-state index in [1.165, 1.54) is 24.3 Å². The molecule has 0 bridgehead atoms. The van der Waals surface area contributed by atoms with E-state index in [9.17, 15) is 19.3 Å². The molecular formula is C18H15ClFN3O4S. The number of aromatic nitrogens is 1. The number of non-ortho nitro benzene ring substituents is 1. The highest BCUT2D eigenvalue weighted by atomic mass is 35.5. The van der Waals surface area contributed by atoms with Crippen LogP contribution in [-0.4, -0.2) is 28.6 Å². The van der Waals surface area contributed by atoms with Crippen molar-refractivity contribution in [1.82, 2.24) is 4.57 Å². The number of carbonyl (C=O) groups excluding carboxylic acids is 1. The number of benzene rings is 2. The second-order valence-electron chi connectivity index (χ2n) is 5.68. The number of ether oxygens (including phenoxy) is 1. The number of carbonyl (C=O) groups is 1. The number of rotatable bonds is 6. The lowest BCUT2D eigenvalue weighted by Crippen LogP contribution is -2.19. The quantitative estimate of drug-likeness (QED) is 0.338. The summed E-state index contributed by atoms with van der Waals surface area (Å²) in [6.45, 7) is 3.20. The van der Waals surface area contributed by atoms with Gasteiger partial charge >= 0.3 is 0 Å². The number of amides is 1. The average Bonchev–Trinajstić information content (AvgIpc) is 2.98. The van der Waals surface area contributed by atoms with E-state index in [0.29, 0.717) is 34.8 Å². The fourth-order valence-corrected chi connectivity index (χ4v) is 3.86. The maximum absolute atomic E-state index is 13.6. The summed E-state index contributed by atoms with van der Waals surface area (Å²) in [6.07, 6.45) is 0. The first-order valence-corrected chi connectivity index (χ1v) is 9.49. The van der Waals surface area contributed by atoms with Crippen molar-refractivity contribution >= 4 is 44.7 Å². The third-order valence-electron chi connectivity index (χ3n) is 3.90. The van der Waals surface area contributed by atoms with Gasteiger partial charge in [-0.3, -0.25) is 14.9 Å². The Morgan fingerprint density at radius 3 is 2.86 bits per heavy atom. The molecule has 1 amide bonds. The molecule has 3 rings (SSSR count). The van der Waals surface area contributed by atoms with Crippen LogP contribution in [0.2, 0.25) is 5.02 Å². The van der Waals surface area contributed by atoms with Crippen LogP contribution >= 0.6 is 22.9 Å². The molecule has 0 aliphatic rings. The normalized spacial score (nSPS) is 11.9. The molecule has 7 nitrogen and oxygen atoms in total. The van der Waals surface area contributed by atoms with E-state index in [1.807, 2.05) is 6.92 Å². The van der Waals surface area contributed by atoms with Crippen LogP contribution < -0.4 is 4.80 Å². The van der Waals surface area contributed by atoms with Crippen LogP contribution in [0.3, 0.4) is 0 Å². The van der Waals surface area contributed by atoms with Crippen molar-refractivity contribution in [3.8, 4) is 0 Å². The van der Waals surface area contributed by atoms with E-state index in [2.05, 4.69) is 4.99 Å². The number of nitro groups is 1. The third-order valence-corrected chi connectivity index (χ3v) is 5.27. The summed E-state index contributed by atoms with van der Waals surface area (Å²) in [5, 5.41) is 11.0. The summed E-state index contributed by atoms with van der Waals surface area (Å²) >= 11 is 7.17. The van der Waals surface area contributed by atoms with E-state index in [0.717, 1.165) is 17.4 Å². The molecule has 1 heterocycles. The Morgan fingerprint density at radius 2 is 2.14 bits per heavy atom. The first kappa shape index (κ1) is 20.1. The molecular weight excluding hydrogens is 409 g/mol. The maximum Gasteiger partial charge on any atom is 0.281 e. The number of nitro benzene ring substituents is 1. The smallest absolute Gasteiger partial charge is 0.281 e. The largest absolute Gasteiger partial charge is 0.380 e. The Labute approximate surface area is 167 Å². The number of fused-ring (bicyclic) bond motifs is 1. The van der Waals surface area contributed by atoms with E-state index in [-0.39, 0.29) is 16.3 Å². The molecule has 28 heavy (non-hydrogen) atoms. The first-order chi connectivity index (χ1) is 13.4. The predicted octanol–water partition coefficient (Wildman–Crippen LogP) is 4.18. The SMILES string of the molecule is CCOCCn1c(=NC(=O)c2cc([N+](=O)[O-])ccc2Cl)sc2cc(F)ccc21. The summed E-state index contributed by atoms with van der Waals surface area (Å²) < 4.78 is 21.3. The molecule has 0 aliphatic carbocycles. The van der Waals surface area contributed by atoms with Crippen molar-refractivity contribution in [1.29, 1.82) is 0 Å². The first-order valence-electron chi connectivity index (χ1n) is 8.30. The van der Waals surface area contributed by atoms with E-state index in [1.54, 1.807) is 10.6 Å². The Morgan fingerprint density at radius 1 is 1.36 bits per heavy atom. The molecule has 3 aromatic rings.